The van der Waals surface area contributed by atoms with Crippen LogP contribution in [-0.2, 0) is 0 Å². The van der Waals surface area contributed by atoms with Crippen LogP contribution < -0.4 is 19.8 Å². The summed E-state index contributed by atoms with van der Waals surface area (Å²) in [5, 5.41) is 0.426. The molecule has 0 bridgehead atoms. The summed E-state index contributed by atoms with van der Waals surface area (Å²) in [6.07, 6.45) is 2.47. The zero-order valence-corrected chi connectivity index (χ0v) is 19.0. The Labute approximate surface area is 196 Å². The first-order valence-electron chi connectivity index (χ1n) is 11.3. The molecule has 0 N–H and O–H groups in total. The van der Waals surface area contributed by atoms with Gasteiger partial charge in [-0.25, -0.2) is 4.98 Å². The molecule has 2 aromatic heterocycles. The van der Waals surface area contributed by atoms with E-state index in [1.807, 2.05) is 32.0 Å². The lowest BCUT2D eigenvalue weighted by Crippen LogP contribution is -2.30. The third kappa shape index (κ3) is 3.59. The Balaban J connectivity index is 1.74. The van der Waals surface area contributed by atoms with Crippen molar-refractivity contribution >= 4 is 22.7 Å². The minimum absolute atomic E-state index is 0.0311. The van der Waals surface area contributed by atoms with Gasteiger partial charge >= 0.3 is 0 Å². The summed E-state index contributed by atoms with van der Waals surface area (Å²) in [5.74, 6) is 1.22. The van der Waals surface area contributed by atoms with Crippen molar-refractivity contribution in [3.63, 3.8) is 0 Å². The maximum atomic E-state index is 13.6. The molecule has 7 nitrogen and oxygen atoms in total. The number of carbonyl (C=O) groups is 1. The lowest BCUT2D eigenvalue weighted by Gasteiger charge is -2.25. The third-order valence-electron chi connectivity index (χ3n) is 5.72. The van der Waals surface area contributed by atoms with E-state index in [-0.39, 0.29) is 11.2 Å². The standard InChI is InChI=1S/C27H24N2O5/c1-3-15-33-20-13-12-17(16-21(20)32-4-2)24-23-25(30)18-9-5-6-10-19(18)34-26(23)27(31)29(24)22-11-7-8-14-28-22/h5-14,16,24H,3-4,15H2,1-2H3/t24-/m1/s1. The second kappa shape index (κ2) is 9.02. The van der Waals surface area contributed by atoms with E-state index in [1.165, 1.54) is 4.90 Å². The minimum atomic E-state index is -0.724. The van der Waals surface area contributed by atoms with E-state index in [2.05, 4.69) is 4.98 Å². The average Bonchev–Trinajstić information content (AvgIpc) is 3.16. The fraction of sp³-hybridized carbons (Fsp3) is 0.222. The predicted octanol–water partition coefficient (Wildman–Crippen LogP) is 5.13. The number of hydrogen-bond donors (Lipinski definition) is 0. The summed E-state index contributed by atoms with van der Waals surface area (Å²) in [5.41, 5.74) is 1.13. The van der Waals surface area contributed by atoms with Gasteiger partial charge < -0.3 is 13.9 Å². The van der Waals surface area contributed by atoms with Crippen molar-refractivity contribution in [2.24, 2.45) is 0 Å². The van der Waals surface area contributed by atoms with Crippen molar-refractivity contribution < 1.29 is 18.7 Å². The first kappa shape index (κ1) is 21.7. The van der Waals surface area contributed by atoms with Gasteiger partial charge in [0.1, 0.15) is 11.4 Å². The molecule has 0 spiro atoms. The van der Waals surface area contributed by atoms with Crippen molar-refractivity contribution in [3.8, 4) is 11.5 Å². The van der Waals surface area contributed by atoms with Crippen molar-refractivity contribution in [2.75, 3.05) is 18.1 Å². The lowest BCUT2D eigenvalue weighted by molar-refractivity contribution is 0.0970. The number of fused-ring (bicyclic) bond motifs is 2. The number of anilines is 1. The Hall–Kier alpha value is -4.13. The normalized spacial score (nSPS) is 14.9. The van der Waals surface area contributed by atoms with Crippen LogP contribution in [0.15, 0.2) is 76.1 Å². The van der Waals surface area contributed by atoms with Crippen LogP contribution in [0.5, 0.6) is 11.5 Å². The number of hydrogen-bond acceptors (Lipinski definition) is 6. The first-order chi connectivity index (χ1) is 16.6. The predicted molar refractivity (Wildman–Crippen MR) is 129 cm³/mol. The van der Waals surface area contributed by atoms with Crippen molar-refractivity contribution in [3.05, 3.63) is 94.0 Å². The van der Waals surface area contributed by atoms with Gasteiger partial charge in [-0.1, -0.05) is 31.2 Å². The highest BCUT2D eigenvalue weighted by molar-refractivity contribution is 6.10. The van der Waals surface area contributed by atoms with E-state index in [0.29, 0.717) is 52.6 Å². The van der Waals surface area contributed by atoms with Gasteiger partial charge in [-0.05, 0) is 55.3 Å². The van der Waals surface area contributed by atoms with Crippen LogP contribution in [0, 0.1) is 0 Å². The summed E-state index contributed by atoms with van der Waals surface area (Å²) in [7, 11) is 0. The number of carbonyl (C=O) groups excluding carboxylic acids is 1. The highest BCUT2D eigenvalue weighted by Crippen LogP contribution is 2.42. The molecule has 0 saturated carbocycles. The molecule has 1 amide bonds. The molecular formula is C27H24N2O5. The molecule has 4 aromatic rings. The molecule has 1 aliphatic rings. The second-order valence-electron chi connectivity index (χ2n) is 7.92. The monoisotopic (exact) mass is 456 g/mol. The quantitative estimate of drug-likeness (QED) is 0.384. The van der Waals surface area contributed by atoms with Gasteiger partial charge in [0.25, 0.3) is 5.91 Å². The summed E-state index contributed by atoms with van der Waals surface area (Å²) >= 11 is 0. The topological polar surface area (TPSA) is 81.9 Å². The van der Waals surface area contributed by atoms with E-state index in [4.69, 9.17) is 13.9 Å². The number of ether oxygens (including phenoxy) is 2. The van der Waals surface area contributed by atoms with Crippen LogP contribution in [0.3, 0.4) is 0 Å². The molecule has 0 unspecified atom stereocenters. The van der Waals surface area contributed by atoms with Gasteiger partial charge in [-0.15, -0.1) is 0 Å². The van der Waals surface area contributed by atoms with Crippen molar-refractivity contribution in [1.82, 2.24) is 4.98 Å². The maximum Gasteiger partial charge on any atom is 0.296 e. The molecule has 7 heteroatoms. The molecule has 172 valence electrons. The molecule has 5 rings (SSSR count). The molecule has 1 aliphatic heterocycles. The Morgan fingerprint density at radius 1 is 0.971 bits per heavy atom. The number of amides is 1. The van der Waals surface area contributed by atoms with E-state index in [1.54, 1.807) is 48.7 Å². The molecule has 0 fully saturated rings. The number of pyridine rings is 1. The summed E-state index contributed by atoms with van der Waals surface area (Å²) in [6, 6.07) is 17.0. The Kier molecular flexibility index (Phi) is 5.76. The number of para-hydroxylation sites is 1. The fourth-order valence-corrected chi connectivity index (χ4v) is 4.26. The van der Waals surface area contributed by atoms with Crippen LogP contribution in [0.25, 0.3) is 11.0 Å². The largest absolute Gasteiger partial charge is 0.490 e. The number of benzene rings is 2. The molecule has 0 radical (unpaired) electrons. The van der Waals surface area contributed by atoms with Crippen LogP contribution in [0.2, 0.25) is 0 Å². The molecule has 2 aromatic carbocycles. The van der Waals surface area contributed by atoms with Gasteiger partial charge in [-0.3, -0.25) is 14.5 Å². The molecule has 0 saturated heterocycles. The molecular weight excluding hydrogens is 432 g/mol. The summed E-state index contributed by atoms with van der Waals surface area (Å²) < 4.78 is 17.7. The minimum Gasteiger partial charge on any atom is -0.490 e. The Bertz CT molecular complexity index is 1410. The zero-order valence-electron chi connectivity index (χ0n) is 19.0. The lowest BCUT2D eigenvalue weighted by atomic mass is 9.98. The molecule has 0 aliphatic carbocycles. The van der Waals surface area contributed by atoms with Crippen LogP contribution in [0.4, 0.5) is 5.82 Å². The van der Waals surface area contributed by atoms with Gasteiger partial charge in [0.15, 0.2) is 16.9 Å². The van der Waals surface area contributed by atoms with Gasteiger partial charge in [-0.2, -0.15) is 0 Å². The number of aromatic nitrogens is 1. The third-order valence-corrected chi connectivity index (χ3v) is 5.72. The second-order valence-corrected chi connectivity index (χ2v) is 7.92. The van der Waals surface area contributed by atoms with E-state index >= 15 is 0 Å². The average molecular weight is 456 g/mol. The van der Waals surface area contributed by atoms with E-state index in [0.717, 1.165) is 6.42 Å². The Morgan fingerprint density at radius 2 is 1.79 bits per heavy atom. The highest BCUT2D eigenvalue weighted by atomic mass is 16.5. The van der Waals surface area contributed by atoms with E-state index < -0.39 is 11.9 Å². The number of nitrogens with zero attached hydrogens (tertiary/aromatic N) is 2. The summed E-state index contributed by atoms with van der Waals surface area (Å²) in [6.45, 7) is 4.93. The maximum absolute atomic E-state index is 13.6. The van der Waals surface area contributed by atoms with Crippen molar-refractivity contribution in [1.29, 1.82) is 0 Å². The molecule has 34 heavy (non-hydrogen) atoms. The zero-order chi connectivity index (χ0) is 23.7. The number of rotatable bonds is 7. The van der Waals surface area contributed by atoms with Gasteiger partial charge in [0, 0.05) is 6.20 Å². The van der Waals surface area contributed by atoms with Crippen LogP contribution in [-0.4, -0.2) is 24.1 Å². The fourth-order valence-electron chi connectivity index (χ4n) is 4.26. The molecule has 3 heterocycles. The van der Waals surface area contributed by atoms with Crippen molar-refractivity contribution in [2.45, 2.75) is 26.3 Å². The van der Waals surface area contributed by atoms with Crippen LogP contribution >= 0.6 is 0 Å². The highest BCUT2D eigenvalue weighted by Gasteiger charge is 2.44. The van der Waals surface area contributed by atoms with E-state index in [9.17, 15) is 9.59 Å². The SMILES string of the molecule is CCCOc1ccc([C@@H]2c3c(oc4ccccc4c3=O)C(=O)N2c2ccccn2)cc1OCC. The van der Waals surface area contributed by atoms with Gasteiger partial charge in [0.05, 0.1) is 30.2 Å². The smallest absolute Gasteiger partial charge is 0.296 e. The van der Waals surface area contributed by atoms with Gasteiger partial charge in [0.2, 0.25) is 5.76 Å². The molecule has 1 atom stereocenters. The first-order valence-corrected chi connectivity index (χ1v) is 11.3. The Morgan fingerprint density at radius 3 is 2.56 bits per heavy atom. The van der Waals surface area contributed by atoms with Crippen LogP contribution in [0.1, 0.15) is 48.0 Å². The summed E-state index contributed by atoms with van der Waals surface area (Å²) in [4.78, 5) is 33.1.